The fourth-order valence-corrected chi connectivity index (χ4v) is 2.01. The molecule has 1 aromatic rings. The fraction of sp³-hybridized carbons (Fsp3) is 0.462. The highest BCUT2D eigenvalue weighted by atomic mass is 35.5. The number of amides is 1. The van der Waals surface area contributed by atoms with Crippen molar-refractivity contribution in [2.24, 2.45) is 0 Å². The minimum Gasteiger partial charge on any atom is -0.324 e. The maximum atomic E-state index is 11.9. The van der Waals surface area contributed by atoms with Crippen LogP contribution in [0.2, 0.25) is 0 Å². The summed E-state index contributed by atoms with van der Waals surface area (Å²) in [5.74, 6) is 0.0917. The molecule has 2 rings (SSSR count). The lowest BCUT2D eigenvalue weighted by Gasteiger charge is -2.22. The number of anilines is 1. The molecule has 94 valence electrons. The molecule has 0 spiro atoms. The highest BCUT2D eigenvalue weighted by Gasteiger charge is 2.20. The van der Waals surface area contributed by atoms with E-state index in [-0.39, 0.29) is 24.4 Å². The zero-order chi connectivity index (χ0) is 11.4. The molecule has 3 nitrogen and oxygen atoms in total. The molecule has 1 aromatic carbocycles. The summed E-state index contributed by atoms with van der Waals surface area (Å²) in [6, 6.07) is 7.84. The van der Waals surface area contributed by atoms with Gasteiger partial charge < -0.3 is 10.6 Å². The van der Waals surface area contributed by atoms with Crippen molar-refractivity contribution < 1.29 is 4.79 Å². The van der Waals surface area contributed by atoms with Gasteiger partial charge in [0.15, 0.2) is 0 Å². The van der Waals surface area contributed by atoms with E-state index in [2.05, 4.69) is 10.6 Å². The molecule has 0 bridgehead atoms. The number of hydrogen-bond donors (Lipinski definition) is 2. The van der Waals surface area contributed by atoms with Gasteiger partial charge in [-0.15, -0.1) is 12.4 Å². The van der Waals surface area contributed by atoms with E-state index in [9.17, 15) is 4.79 Å². The lowest BCUT2D eigenvalue weighted by molar-refractivity contribution is -0.118. The van der Waals surface area contributed by atoms with Crippen molar-refractivity contribution >= 4 is 24.0 Å². The first-order chi connectivity index (χ1) is 7.77. The number of halogens is 1. The number of carbonyl (C=O) groups is 1. The quantitative estimate of drug-likeness (QED) is 0.852. The number of rotatable bonds is 2. The van der Waals surface area contributed by atoms with Crippen LogP contribution in [0.15, 0.2) is 24.3 Å². The van der Waals surface area contributed by atoms with Crippen LogP contribution in [0.4, 0.5) is 5.69 Å². The van der Waals surface area contributed by atoms with E-state index in [4.69, 9.17) is 0 Å². The van der Waals surface area contributed by atoms with Crippen molar-refractivity contribution in [2.45, 2.75) is 32.2 Å². The van der Waals surface area contributed by atoms with E-state index in [1.165, 1.54) is 6.42 Å². The van der Waals surface area contributed by atoms with Crippen LogP contribution in [0.25, 0.3) is 0 Å². The fourth-order valence-electron chi connectivity index (χ4n) is 2.01. The first-order valence-corrected chi connectivity index (χ1v) is 5.87. The molecule has 2 N–H and O–H groups in total. The number of piperidine rings is 1. The Morgan fingerprint density at radius 2 is 2.12 bits per heavy atom. The third-order valence-corrected chi connectivity index (χ3v) is 3.03. The third kappa shape index (κ3) is 3.72. The van der Waals surface area contributed by atoms with Gasteiger partial charge >= 0.3 is 0 Å². The number of nitrogens with one attached hydrogen (secondary N) is 2. The Morgan fingerprint density at radius 1 is 1.35 bits per heavy atom. The minimum atomic E-state index is -0.0200. The van der Waals surface area contributed by atoms with Gasteiger partial charge in [0, 0.05) is 5.69 Å². The van der Waals surface area contributed by atoms with Crippen LogP contribution in [0.1, 0.15) is 24.8 Å². The smallest absolute Gasteiger partial charge is 0.241 e. The Hall–Kier alpha value is -1.06. The molecule has 1 fully saturated rings. The van der Waals surface area contributed by atoms with Gasteiger partial charge in [-0.2, -0.15) is 0 Å². The summed E-state index contributed by atoms with van der Waals surface area (Å²) in [6.45, 7) is 2.95. The molecule has 1 aliphatic rings. The minimum absolute atomic E-state index is 0. The second kappa shape index (κ2) is 6.62. The summed E-state index contributed by atoms with van der Waals surface area (Å²) >= 11 is 0. The van der Waals surface area contributed by atoms with Gasteiger partial charge in [-0.1, -0.05) is 24.6 Å². The van der Waals surface area contributed by atoms with E-state index in [1.54, 1.807) is 0 Å². The maximum Gasteiger partial charge on any atom is 0.241 e. The average Bonchev–Trinajstić information content (AvgIpc) is 2.33. The number of benzene rings is 1. The molecule has 1 heterocycles. The van der Waals surface area contributed by atoms with Gasteiger partial charge in [-0.05, 0) is 37.9 Å². The monoisotopic (exact) mass is 254 g/mol. The zero-order valence-corrected chi connectivity index (χ0v) is 10.8. The molecule has 0 aliphatic carbocycles. The molecule has 0 radical (unpaired) electrons. The van der Waals surface area contributed by atoms with E-state index >= 15 is 0 Å². The van der Waals surface area contributed by atoms with Gasteiger partial charge in [0.2, 0.25) is 5.91 Å². The van der Waals surface area contributed by atoms with E-state index < -0.39 is 0 Å². The Balaban J connectivity index is 0.00000144. The van der Waals surface area contributed by atoms with E-state index in [1.807, 2.05) is 31.2 Å². The zero-order valence-electron chi connectivity index (χ0n) is 10.0. The first kappa shape index (κ1) is 14.0. The second-order valence-corrected chi connectivity index (χ2v) is 4.31. The van der Waals surface area contributed by atoms with Gasteiger partial charge in [-0.25, -0.2) is 0 Å². The van der Waals surface area contributed by atoms with Gasteiger partial charge in [0.25, 0.3) is 0 Å². The van der Waals surface area contributed by atoms with Crippen molar-refractivity contribution in [3.8, 4) is 0 Å². The molecule has 4 heteroatoms. The maximum absolute atomic E-state index is 11.9. The van der Waals surface area contributed by atoms with Gasteiger partial charge in [0.05, 0.1) is 6.04 Å². The van der Waals surface area contributed by atoms with Crippen LogP contribution < -0.4 is 10.6 Å². The van der Waals surface area contributed by atoms with Crippen LogP contribution in [0.3, 0.4) is 0 Å². The number of hydrogen-bond acceptors (Lipinski definition) is 2. The molecule has 1 amide bonds. The Kier molecular flexibility index (Phi) is 5.45. The van der Waals surface area contributed by atoms with E-state index in [0.29, 0.717) is 0 Å². The second-order valence-electron chi connectivity index (χ2n) is 4.31. The molecule has 1 atom stereocenters. The Labute approximate surface area is 108 Å². The van der Waals surface area contributed by atoms with Crippen LogP contribution in [-0.4, -0.2) is 18.5 Å². The highest BCUT2D eigenvalue weighted by Crippen LogP contribution is 2.15. The molecule has 0 unspecified atom stereocenters. The molecule has 1 aliphatic heterocycles. The van der Waals surface area contributed by atoms with Crippen molar-refractivity contribution in [1.82, 2.24) is 5.32 Å². The van der Waals surface area contributed by atoms with Crippen LogP contribution in [0.5, 0.6) is 0 Å². The molecular formula is C13H19ClN2O. The lowest BCUT2D eigenvalue weighted by Crippen LogP contribution is -2.43. The van der Waals surface area contributed by atoms with Crippen LogP contribution in [0, 0.1) is 6.92 Å². The average molecular weight is 255 g/mol. The van der Waals surface area contributed by atoms with Crippen LogP contribution in [-0.2, 0) is 4.79 Å². The summed E-state index contributed by atoms with van der Waals surface area (Å²) in [4.78, 5) is 11.9. The SMILES string of the molecule is Cc1ccccc1NC(=O)[C@@H]1CCCCN1.Cl. The van der Waals surface area contributed by atoms with Crippen molar-refractivity contribution in [2.75, 3.05) is 11.9 Å². The largest absolute Gasteiger partial charge is 0.324 e. The number of para-hydroxylation sites is 1. The number of carbonyl (C=O) groups excluding carboxylic acids is 1. The Bertz CT molecular complexity index is 375. The molecule has 1 saturated heterocycles. The number of aryl methyl sites for hydroxylation is 1. The predicted octanol–water partition coefficient (Wildman–Crippen LogP) is 2.50. The van der Waals surface area contributed by atoms with Crippen molar-refractivity contribution in [3.63, 3.8) is 0 Å². The molecular weight excluding hydrogens is 236 g/mol. The topological polar surface area (TPSA) is 41.1 Å². The molecule has 17 heavy (non-hydrogen) atoms. The standard InChI is InChI=1S/C13H18N2O.ClH/c1-10-6-2-3-7-11(10)15-13(16)12-8-4-5-9-14-12;/h2-3,6-7,12,14H,4-5,8-9H2,1H3,(H,15,16);1H/t12-;/m0./s1. The predicted molar refractivity (Wildman–Crippen MR) is 72.7 cm³/mol. The van der Waals surface area contributed by atoms with Gasteiger partial charge in [0.1, 0.15) is 0 Å². The lowest BCUT2D eigenvalue weighted by atomic mass is 10.0. The third-order valence-electron chi connectivity index (χ3n) is 3.03. The van der Waals surface area contributed by atoms with E-state index in [0.717, 1.165) is 30.6 Å². The van der Waals surface area contributed by atoms with Crippen LogP contribution >= 0.6 is 12.4 Å². The summed E-state index contributed by atoms with van der Waals surface area (Å²) in [7, 11) is 0. The summed E-state index contributed by atoms with van der Waals surface area (Å²) in [6.07, 6.45) is 3.25. The summed E-state index contributed by atoms with van der Waals surface area (Å²) < 4.78 is 0. The summed E-state index contributed by atoms with van der Waals surface area (Å²) in [5.41, 5.74) is 2.02. The summed E-state index contributed by atoms with van der Waals surface area (Å²) in [5, 5.41) is 6.22. The molecule has 0 saturated carbocycles. The van der Waals surface area contributed by atoms with Crippen molar-refractivity contribution in [1.29, 1.82) is 0 Å². The molecule has 0 aromatic heterocycles. The van der Waals surface area contributed by atoms with Gasteiger partial charge in [-0.3, -0.25) is 4.79 Å². The normalized spacial score (nSPS) is 19.2. The Morgan fingerprint density at radius 3 is 2.76 bits per heavy atom. The highest BCUT2D eigenvalue weighted by molar-refractivity contribution is 5.95. The first-order valence-electron chi connectivity index (χ1n) is 5.87. The van der Waals surface area contributed by atoms with Crippen molar-refractivity contribution in [3.05, 3.63) is 29.8 Å².